The van der Waals surface area contributed by atoms with Gasteiger partial charge in [0.2, 0.25) is 5.88 Å². The second-order valence-electron chi connectivity index (χ2n) is 6.10. The minimum absolute atomic E-state index is 0.196. The second kappa shape index (κ2) is 6.31. The number of hydrogen-bond donors (Lipinski definition) is 1. The summed E-state index contributed by atoms with van der Waals surface area (Å²) in [5.74, 6) is -0.352. The number of fused-ring (bicyclic) bond motifs is 2. The SMILES string of the molecule is Oc1nc(-c2nn(Cc3ccccc3F)c3ncccc23)nc2ncncc12. The van der Waals surface area contributed by atoms with Crippen molar-refractivity contribution in [2.24, 2.45) is 0 Å². The van der Waals surface area contributed by atoms with Crippen LogP contribution in [0.5, 0.6) is 5.88 Å². The van der Waals surface area contributed by atoms with E-state index in [9.17, 15) is 9.50 Å². The molecule has 0 aliphatic heterocycles. The summed E-state index contributed by atoms with van der Waals surface area (Å²) in [6, 6.07) is 10.1. The van der Waals surface area contributed by atoms with E-state index in [0.717, 1.165) is 0 Å². The van der Waals surface area contributed by atoms with Crippen LogP contribution in [0.25, 0.3) is 33.6 Å². The minimum Gasteiger partial charge on any atom is -0.493 e. The van der Waals surface area contributed by atoms with Gasteiger partial charge in [0.05, 0.1) is 17.3 Å². The van der Waals surface area contributed by atoms with Gasteiger partial charge >= 0.3 is 0 Å². The maximum absolute atomic E-state index is 14.1. The fourth-order valence-electron chi connectivity index (χ4n) is 3.03. The van der Waals surface area contributed by atoms with Gasteiger partial charge in [0.1, 0.15) is 17.8 Å². The van der Waals surface area contributed by atoms with E-state index < -0.39 is 0 Å². The van der Waals surface area contributed by atoms with E-state index in [-0.39, 0.29) is 24.1 Å². The molecule has 5 aromatic rings. The van der Waals surface area contributed by atoms with Crippen LogP contribution in [0.3, 0.4) is 0 Å². The van der Waals surface area contributed by atoms with Crippen LogP contribution in [0.15, 0.2) is 55.1 Å². The zero-order valence-corrected chi connectivity index (χ0v) is 14.4. The molecule has 8 nitrogen and oxygen atoms in total. The Hall–Kier alpha value is -4.01. The summed E-state index contributed by atoms with van der Waals surface area (Å²) in [6.07, 6.45) is 4.42. The van der Waals surface area contributed by atoms with Gasteiger partial charge in [0.15, 0.2) is 17.1 Å². The molecule has 0 aliphatic rings. The van der Waals surface area contributed by atoms with Crippen LogP contribution in [-0.2, 0) is 6.54 Å². The lowest BCUT2D eigenvalue weighted by Crippen LogP contribution is -2.05. The van der Waals surface area contributed by atoms with Crippen LogP contribution in [0.4, 0.5) is 4.39 Å². The highest BCUT2D eigenvalue weighted by atomic mass is 19.1. The van der Waals surface area contributed by atoms with Gasteiger partial charge in [0, 0.05) is 18.0 Å². The van der Waals surface area contributed by atoms with Crippen LogP contribution in [-0.4, -0.2) is 39.8 Å². The largest absolute Gasteiger partial charge is 0.493 e. The third-order valence-corrected chi connectivity index (χ3v) is 4.35. The van der Waals surface area contributed by atoms with Crippen LogP contribution in [0.2, 0.25) is 0 Å². The van der Waals surface area contributed by atoms with Crippen LogP contribution in [0, 0.1) is 5.82 Å². The van der Waals surface area contributed by atoms with Gasteiger partial charge in [-0.05, 0) is 18.2 Å². The third-order valence-electron chi connectivity index (χ3n) is 4.35. The molecule has 0 unspecified atom stereocenters. The molecule has 4 aromatic heterocycles. The normalized spacial score (nSPS) is 11.3. The van der Waals surface area contributed by atoms with Crippen molar-refractivity contribution in [3.8, 4) is 17.4 Å². The van der Waals surface area contributed by atoms with Gasteiger partial charge in [0.25, 0.3) is 0 Å². The Morgan fingerprint density at radius 1 is 1.00 bits per heavy atom. The summed E-state index contributed by atoms with van der Waals surface area (Å²) in [6.45, 7) is 0.196. The molecule has 1 aromatic carbocycles. The van der Waals surface area contributed by atoms with Crippen molar-refractivity contribution in [2.45, 2.75) is 6.54 Å². The number of aromatic nitrogens is 7. The highest BCUT2D eigenvalue weighted by Gasteiger charge is 2.18. The maximum Gasteiger partial charge on any atom is 0.225 e. The summed E-state index contributed by atoms with van der Waals surface area (Å²) >= 11 is 0. The molecule has 5 rings (SSSR count). The molecular weight excluding hydrogens is 361 g/mol. The lowest BCUT2D eigenvalue weighted by atomic mass is 10.2. The highest BCUT2D eigenvalue weighted by Crippen LogP contribution is 2.28. The van der Waals surface area contributed by atoms with Gasteiger partial charge in [-0.3, -0.25) is 0 Å². The summed E-state index contributed by atoms with van der Waals surface area (Å²) in [5, 5.41) is 15.8. The fraction of sp³-hybridized carbons (Fsp3) is 0.0526. The molecule has 0 spiro atoms. The first-order valence-corrected chi connectivity index (χ1v) is 8.43. The lowest BCUT2D eigenvalue weighted by Gasteiger charge is -2.04. The number of rotatable bonds is 3. The van der Waals surface area contributed by atoms with E-state index in [2.05, 4.69) is 30.0 Å². The number of aromatic hydroxyl groups is 1. The Balaban J connectivity index is 1.70. The molecule has 136 valence electrons. The summed E-state index contributed by atoms with van der Waals surface area (Å²) in [5.41, 5.74) is 1.78. The zero-order valence-electron chi connectivity index (χ0n) is 14.4. The molecule has 0 saturated carbocycles. The van der Waals surface area contributed by atoms with Crippen molar-refractivity contribution in [1.29, 1.82) is 0 Å². The number of halogens is 1. The molecule has 0 aliphatic carbocycles. The molecule has 0 radical (unpaired) electrons. The Morgan fingerprint density at radius 3 is 2.79 bits per heavy atom. The van der Waals surface area contributed by atoms with Crippen molar-refractivity contribution in [2.75, 3.05) is 0 Å². The van der Waals surface area contributed by atoms with Gasteiger partial charge < -0.3 is 5.11 Å². The summed E-state index contributed by atoms with van der Waals surface area (Å²) in [7, 11) is 0. The van der Waals surface area contributed by atoms with Crippen LogP contribution in [0.1, 0.15) is 5.56 Å². The first-order valence-electron chi connectivity index (χ1n) is 8.43. The van der Waals surface area contributed by atoms with Crippen molar-refractivity contribution < 1.29 is 9.50 Å². The monoisotopic (exact) mass is 373 g/mol. The third kappa shape index (κ3) is 2.60. The van der Waals surface area contributed by atoms with Crippen LogP contribution < -0.4 is 0 Å². The summed E-state index contributed by atoms with van der Waals surface area (Å²) < 4.78 is 15.7. The zero-order chi connectivity index (χ0) is 19.1. The van der Waals surface area contributed by atoms with Gasteiger partial charge in [-0.15, -0.1) is 0 Å². The Labute approximate surface area is 157 Å². The predicted octanol–water partition coefficient (Wildman–Crippen LogP) is 2.72. The van der Waals surface area contributed by atoms with Gasteiger partial charge in [-0.25, -0.2) is 29.0 Å². The molecule has 0 saturated heterocycles. The lowest BCUT2D eigenvalue weighted by molar-refractivity contribution is 0.459. The van der Waals surface area contributed by atoms with E-state index in [1.807, 2.05) is 6.07 Å². The molecule has 1 N–H and O–H groups in total. The Bertz CT molecular complexity index is 1330. The molecule has 0 fully saturated rings. The van der Waals surface area contributed by atoms with Gasteiger partial charge in [-0.2, -0.15) is 10.1 Å². The topological polar surface area (TPSA) is 102 Å². The van der Waals surface area contributed by atoms with E-state index in [1.165, 1.54) is 18.6 Å². The van der Waals surface area contributed by atoms with Crippen molar-refractivity contribution >= 4 is 22.1 Å². The van der Waals surface area contributed by atoms with Crippen molar-refractivity contribution in [1.82, 2.24) is 34.7 Å². The molecule has 0 atom stereocenters. The number of hydrogen-bond acceptors (Lipinski definition) is 7. The number of benzene rings is 1. The maximum atomic E-state index is 14.1. The smallest absolute Gasteiger partial charge is 0.225 e. The average Bonchev–Trinajstić information content (AvgIpc) is 3.08. The van der Waals surface area contributed by atoms with Gasteiger partial charge in [-0.1, -0.05) is 18.2 Å². The van der Waals surface area contributed by atoms with Crippen LogP contribution >= 0.6 is 0 Å². The molecule has 4 heterocycles. The Morgan fingerprint density at radius 2 is 1.89 bits per heavy atom. The van der Waals surface area contributed by atoms with Crippen molar-refractivity contribution in [3.05, 3.63) is 66.5 Å². The summed E-state index contributed by atoms with van der Waals surface area (Å²) in [4.78, 5) is 20.9. The number of pyridine rings is 1. The van der Waals surface area contributed by atoms with E-state index in [1.54, 1.807) is 35.1 Å². The Kier molecular flexibility index (Phi) is 3.64. The first kappa shape index (κ1) is 16.2. The average molecular weight is 373 g/mol. The second-order valence-corrected chi connectivity index (χ2v) is 6.10. The quantitative estimate of drug-likeness (QED) is 0.519. The van der Waals surface area contributed by atoms with Crippen molar-refractivity contribution in [3.63, 3.8) is 0 Å². The molecule has 28 heavy (non-hydrogen) atoms. The highest BCUT2D eigenvalue weighted by molar-refractivity contribution is 5.91. The fourth-order valence-corrected chi connectivity index (χ4v) is 3.03. The molecule has 0 bridgehead atoms. The van der Waals surface area contributed by atoms with E-state index >= 15 is 0 Å². The first-order chi connectivity index (χ1) is 13.7. The number of nitrogens with zero attached hydrogens (tertiary/aromatic N) is 7. The predicted molar refractivity (Wildman–Crippen MR) is 98.8 cm³/mol. The minimum atomic E-state index is -0.320. The van der Waals surface area contributed by atoms with E-state index in [0.29, 0.717) is 33.3 Å². The molecular formula is C19H12FN7O. The molecule has 0 amide bonds. The standard InChI is InChI=1S/C19H12FN7O/c20-14-6-2-1-4-11(14)9-27-18-12(5-3-7-22-18)15(26-27)17-24-16-13(19(28)25-17)8-21-10-23-16/h1-8,10H,9H2,(H,21,23,24,25,28). The van der Waals surface area contributed by atoms with E-state index in [4.69, 9.17) is 0 Å². The molecule has 9 heteroatoms.